The third-order valence-electron chi connectivity index (χ3n) is 1.01. The summed E-state index contributed by atoms with van der Waals surface area (Å²) in [6, 6.07) is 1.95. The van der Waals surface area contributed by atoms with Crippen molar-refractivity contribution in [3.8, 4) is 0 Å². The minimum Gasteiger partial charge on any atom is -0.335 e. The number of hydrogen-bond acceptors (Lipinski definition) is 2. The summed E-state index contributed by atoms with van der Waals surface area (Å²) >= 11 is 4.82. The van der Waals surface area contributed by atoms with Crippen LogP contribution < -0.4 is 0 Å². The van der Waals surface area contributed by atoms with Gasteiger partial charge in [0.15, 0.2) is 4.77 Å². The van der Waals surface area contributed by atoms with Crippen molar-refractivity contribution in [2.75, 3.05) is 0 Å². The maximum absolute atomic E-state index is 4.82. The molecule has 1 N–H and O–H groups in total. The maximum Gasteiger partial charge on any atom is 0.197 e. The number of aryl methyl sites for hydroxylation is 2. The van der Waals surface area contributed by atoms with E-state index in [0.717, 1.165) is 11.4 Å². The molecule has 1 rings (SSSR count). The van der Waals surface area contributed by atoms with Crippen LogP contribution in [0.5, 0.6) is 0 Å². The molecule has 0 aromatic carbocycles. The van der Waals surface area contributed by atoms with E-state index in [1.54, 1.807) is 0 Å². The summed E-state index contributed by atoms with van der Waals surface area (Å²) in [4.78, 5) is 6.91. The summed E-state index contributed by atoms with van der Waals surface area (Å²) in [7, 11) is 0. The zero-order valence-electron chi connectivity index (χ0n) is 7.43. The Hall–Kier alpha value is -0.700. The van der Waals surface area contributed by atoms with Gasteiger partial charge in [-0.15, -0.1) is 0 Å². The van der Waals surface area contributed by atoms with Crippen LogP contribution in [-0.4, -0.2) is 9.97 Å². The van der Waals surface area contributed by atoms with Gasteiger partial charge in [0.05, 0.1) is 0 Å². The van der Waals surface area contributed by atoms with Crippen molar-refractivity contribution in [3.63, 3.8) is 0 Å². The van der Waals surface area contributed by atoms with Crippen molar-refractivity contribution in [1.29, 1.82) is 0 Å². The van der Waals surface area contributed by atoms with E-state index in [0.29, 0.717) is 4.77 Å². The largest absolute Gasteiger partial charge is 0.335 e. The number of nitrogens with zero attached hydrogens (tertiary/aromatic N) is 1. The minimum absolute atomic E-state index is 0.563. The molecule has 0 saturated carbocycles. The third kappa shape index (κ3) is 3.88. The second-order valence-electron chi connectivity index (χ2n) is 2.01. The Kier molecular flexibility index (Phi) is 4.70. The first-order valence-electron chi connectivity index (χ1n) is 3.73. The number of H-pyrrole nitrogens is 1. The molecule has 0 saturated heterocycles. The fourth-order valence-electron chi connectivity index (χ4n) is 0.738. The van der Waals surface area contributed by atoms with E-state index >= 15 is 0 Å². The second kappa shape index (κ2) is 5.02. The Bertz CT molecular complexity index is 242. The Morgan fingerprint density at radius 2 is 1.91 bits per heavy atom. The molecule has 62 valence electrons. The van der Waals surface area contributed by atoms with Crippen LogP contribution >= 0.6 is 12.2 Å². The third-order valence-corrected chi connectivity index (χ3v) is 1.20. The van der Waals surface area contributed by atoms with Crippen molar-refractivity contribution < 1.29 is 0 Å². The van der Waals surface area contributed by atoms with Gasteiger partial charge in [-0.05, 0) is 32.1 Å². The van der Waals surface area contributed by atoms with Crippen LogP contribution in [0.15, 0.2) is 6.07 Å². The summed E-state index contributed by atoms with van der Waals surface area (Å²) in [5.41, 5.74) is 2.03. The molecular weight excluding hydrogens is 156 g/mol. The van der Waals surface area contributed by atoms with Gasteiger partial charge in [-0.1, -0.05) is 13.8 Å². The molecule has 2 nitrogen and oxygen atoms in total. The van der Waals surface area contributed by atoms with Crippen LogP contribution in [0.2, 0.25) is 0 Å². The zero-order chi connectivity index (χ0) is 8.85. The highest BCUT2D eigenvalue weighted by atomic mass is 32.1. The van der Waals surface area contributed by atoms with E-state index in [9.17, 15) is 0 Å². The first-order valence-corrected chi connectivity index (χ1v) is 4.14. The summed E-state index contributed by atoms with van der Waals surface area (Å²) < 4.78 is 0.563. The highest BCUT2D eigenvalue weighted by Crippen LogP contribution is 1.93. The SMILES string of the molecule is CC.Cc1cc(C)[nH]c(=S)n1. The first-order chi connectivity index (χ1) is 5.18. The molecule has 0 aliphatic carbocycles. The molecule has 0 unspecified atom stereocenters. The van der Waals surface area contributed by atoms with Crippen molar-refractivity contribution in [1.82, 2.24) is 9.97 Å². The van der Waals surface area contributed by atoms with E-state index in [4.69, 9.17) is 12.2 Å². The molecule has 0 atom stereocenters. The molecule has 0 fully saturated rings. The molecule has 0 aliphatic heterocycles. The van der Waals surface area contributed by atoms with Gasteiger partial charge in [-0.25, -0.2) is 4.98 Å². The Morgan fingerprint density at radius 3 is 2.27 bits per heavy atom. The molecule has 0 radical (unpaired) electrons. The smallest absolute Gasteiger partial charge is 0.197 e. The summed E-state index contributed by atoms with van der Waals surface area (Å²) in [6.07, 6.45) is 0. The average molecular weight is 170 g/mol. The molecule has 3 heteroatoms. The molecule has 11 heavy (non-hydrogen) atoms. The van der Waals surface area contributed by atoms with Crippen LogP contribution in [-0.2, 0) is 0 Å². The van der Waals surface area contributed by atoms with Crippen LogP contribution in [0, 0.1) is 18.6 Å². The van der Waals surface area contributed by atoms with E-state index in [2.05, 4.69) is 9.97 Å². The lowest BCUT2D eigenvalue weighted by Gasteiger charge is -1.92. The Labute approximate surface area is 72.7 Å². The summed E-state index contributed by atoms with van der Waals surface area (Å²) in [5.74, 6) is 0. The van der Waals surface area contributed by atoms with Gasteiger partial charge >= 0.3 is 0 Å². The van der Waals surface area contributed by atoms with Gasteiger partial charge in [0.2, 0.25) is 0 Å². The predicted molar refractivity (Wildman–Crippen MR) is 50.2 cm³/mol. The quantitative estimate of drug-likeness (QED) is 0.606. The van der Waals surface area contributed by atoms with E-state index in [1.165, 1.54) is 0 Å². The van der Waals surface area contributed by atoms with Gasteiger partial charge in [0, 0.05) is 11.4 Å². The highest BCUT2D eigenvalue weighted by molar-refractivity contribution is 7.71. The topological polar surface area (TPSA) is 28.7 Å². The average Bonchev–Trinajstić information content (AvgIpc) is 1.88. The molecule has 0 aliphatic rings. The van der Waals surface area contributed by atoms with Crippen LogP contribution in [0.3, 0.4) is 0 Å². The van der Waals surface area contributed by atoms with Crippen LogP contribution in [0.25, 0.3) is 0 Å². The van der Waals surface area contributed by atoms with Crippen molar-refractivity contribution >= 4 is 12.2 Å². The molecule has 1 heterocycles. The fraction of sp³-hybridized carbons (Fsp3) is 0.500. The van der Waals surface area contributed by atoms with Gasteiger partial charge < -0.3 is 4.98 Å². The van der Waals surface area contributed by atoms with E-state index in [-0.39, 0.29) is 0 Å². The van der Waals surface area contributed by atoms with Crippen LogP contribution in [0.4, 0.5) is 0 Å². The van der Waals surface area contributed by atoms with Gasteiger partial charge in [0.25, 0.3) is 0 Å². The molecule has 0 amide bonds. The molecular formula is C8H14N2S. The second-order valence-corrected chi connectivity index (χ2v) is 2.40. The standard InChI is InChI=1S/C6H8N2S.C2H6/c1-4-3-5(2)8-6(9)7-4;1-2/h3H,1-2H3,(H,7,8,9);1-2H3. The molecule has 0 bridgehead atoms. The van der Waals surface area contributed by atoms with Crippen molar-refractivity contribution in [3.05, 3.63) is 22.2 Å². The summed E-state index contributed by atoms with van der Waals surface area (Å²) in [6.45, 7) is 7.89. The van der Waals surface area contributed by atoms with Crippen molar-refractivity contribution in [2.24, 2.45) is 0 Å². The van der Waals surface area contributed by atoms with Crippen LogP contribution in [0.1, 0.15) is 25.2 Å². The van der Waals surface area contributed by atoms with E-state index < -0.39 is 0 Å². The molecule has 1 aromatic rings. The lowest BCUT2D eigenvalue weighted by Crippen LogP contribution is -1.87. The predicted octanol–water partition coefficient (Wildman–Crippen LogP) is 2.78. The normalized spacial score (nSPS) is 8.36. The number of hydrogen-bond donors (Lipinski definition) is 1. The van der Waals surface area contributed by atoms with Gasteiger partial charge in [-0.3, -0.25) is 0 Å². The number of aromatic amines is 1. The first kappa shape index (κ1) is 10.3. The van der Waals surface area contributed by atoms with Gasteiger partial charge in [-0.2, -0.15) is 0 Å². The number of aromatic nitrogens is 2. The fourth-order valence-corrected chi connectivity index (χ4v) is 1.04. The van der Waals surface area contributed by atoms with E-state index in [1.807, 2.05) is 33.8 Å². The zero-order valence-corrected chi connectivity index (χ0v) is 8.25. The van der Waals surface area contributed by atoms with Gasteiger partial charge in [0.1, 0.15) is 0 Å². The number of nitrogens with one attached hydrogen (secondary N) is 1. The monoisotopic (exact) mass is 170 g/mol. The maximum atomic E-state index is 4.82. The summed E-state index contributed by atoms with van der Waals surface area (Å²) in [5, 5.41) is 0. The number of rotatable bonds is 0. The lowest BCUT2D eigenvalue weighted by atomic mass is 10.4. The Morgan fingerprint density at radius 1 is 1.36 bits per heavy atom. The Balaban J connectivity index is 0.000000461. The molecule has 0 spiro atoms. The molecule has 1 aromatic heterocycles. The minimum atomic E-state index is 0.563. The highest BCUT2D eigenvalue weighted by Gasteiger charge is 1.85. The lowest BCUT2D eigenvalue weighted by molar-refractivity contribution is 1.03. The van der Waals surface area contributed by atoms with Crippen molar-refractivity contribution in [2.45, 2.75) is 27.7 Å².